The molecule has 0 saturated carbocycles. The Kier molecular flexibility index (Phi) is 8.21. The van der Waals surface area contributed by atoms with Gasteiger partial charge in [0.2, 0.25) is 0 Å². The molecule has 0 aliphatic carbocycles. The standard InChI is InChI=1S/C17H10F3N3O.C6H9F3O.H2/c18-11-4-1-5-12(19)15(11)16-13(20)6-7-14(23-16)17(24)22-10-3-2-8-21-9-10;7-6(8,9)5-3-1-2-4-10-5;/h1-9H,(H,22,24);5H,1-4H2;1H. The molecule has 1 N–H and O–H groups in total. The number of carbonyl (C=O) groups excluding carboxylic acids is 1. The predicted molar refractivity (Wildman–Crippen MR) is 113 cm³/mol. The van der Waals surface area contributed by atoms with Crippen LogP contribution < -0.4 is 5.32 Å². The molecule has 3 aromatic rings. The zero-order chi connectivity index (χ0) is 24.7. The summed E-state index contributed by atoms with van der Waals surface area (Å²) in [5.74, 6) is -3.52. The van der Waals surface area contributed by atoms with E-state index < -0.39 is 46.9 Å². The van der Waals surface area contributed by atoms with Crippen LogP contribution in [0.3, 0.4) is 0 Å². The SMILES string of the molecule is FC(F)(F)C1CCCCO1.O=C(Nc1cccnc1)c1ccc(F)c(-c2c(F)cccc2F)n1.[HH]. The summed E-state index contributed by atoms with van der Waals surface area (Å²) in [6.45, 7) is 0.254. The van der Waals surface area contributed by atoms with Gasteiger partial charge in [0, 0.05) is 14.2 Å². The zero-order valence-electron chi connectivity index (χ0n) is 17.6. The normalized spacial score (nSPS) is 15.8. The van der Waals surface area contributed by atoms with Gasteiger partial charge in [-0.3, -0.25) is 9.78 Å². The van der Waals surface area contributed by atoms with Crippen LogP contribution in [0.4, 0.5) is 32.0 Å². The van der Waals surface area contributed by atoms with Gasteiger partial charge in [-0.05, 0) is 55.7 Å². The maximum Gasteiger partial charge on any atom is 0.414 e. The first-order valence-corrected chi connectivity index (χ1v) is 10.2. The topological polar surface area (TPSA) is 64.1 Å². The van der Waals surface area contributed by atoms with Crippen molar-refractivity contribution in [3.63, 3.8) is 0 Å². The van der Waals surface area contributed by atoms with Crippen molar-refractivity contribution in [2.75, 3.05) is 11.9 Å². The van der Waals surface area contributed by atoms with E-state index in [9.17, 15) is 31.1 Å². The second-order valence-corrected chi connectivity index (χ2v) is 7.22. The number of hydrogen-bond donors (Lipinski definition) is 1. The molecule has 1 fully saturated rings. The number of ether oxygens (including phenoxy) is 1. The second-order valence-electron chi connectivity index (χ2n) is 7.22. The first kappa shape index (κ1) is 25.2. The van der Waals surface area contributed by atoms with E-state index in [1.165, 1.54) is 12.4 Å². The number of nitrogens with zero attached hydrogens (tertiary/aromatic N) is 2. The third kappa shape index (κ3) is 6.53. The molecular weight excluding hydrogens is 464 g/mol. The number of anilines is 1. The van der Waals surface area contributed by atoms with Gasteiger partial charge in [0.15, 0.2) is 6.10 Å². The lowest BCUT2D eigenvalue weighted by Gasteiger charge is -2.24. The monoisotopic (exact) mass is 485 g/mol. The molecule has 0 bridgehead atoms. The van der Waals surface area contributed by atoms with E-state index in [2.05, 4.69) is 20.0 Å². The van der Waals surface area contributed by atoms with Crippen molar-refractivity contribution in [3.8, 4) is 11.3 Å². The van der Waals surface area contributed by atoms with Crippen LogP contribution in [-0.2, 0) is 4.74 Å². The summed E-state index contributed by atoms with van der Waals surface area (Å²) < 4.78 is 81.6. The largest absolute Gasteiger partial charge is 0.414 e. The molecule has 34 heavy (non-hydrogen) atoms. The summed E-state index contributed by atoms with van der Waals surface area (Å²) >= 11 is 0. The van der Waals surface area contributed by atoms with Crippen molar-refractivity contribution in [3.05, 3.63) is 78.0 Å². The molecule has 1 amide bonds. The molecule has 5 nitrogen and oxygen atoms in total. The number of aromatic nitrogens is 2. The third-order valence-electron chi connectivity index (χ3n) is 4.74. The summed E-state index contributed by atoms with van der Waals surface area (Å²) in [7, 11) is 0. The minimum atomic E-state index is -4.15. The molecule has 1 unspecified atom stereocenters. The molecule has 182 valence electrons. The number of halogens is 6. The van der Waals surface area contributed by atoms with Gasteiger partial charge >= 0.3 is 6.18 Å². The molecule has 1 aliphatic heterocycles. The number of nitrogens with one attached hydrogen (secondary N) is 1. The molecule has 1 aromatic carbocycles. The fourth-order valence-electron chi connectivity index (χ4n) is 3.10. The average molecular weight is 485 g/mol. The Labute approximate surface area is 192 Å². The summed E-state index contributed by atoms with van der Waals surface area (Å²) in [6.07, 6.45) is -1.19. The predicted octanol–water partition coefficient (Wildman–Crippen LogP) is 6.18. The highest BCUT2D eigenvalue weighted by molar-refractivity contribution is 6.03. The van der Waals surface area contributed by atoms with E-state index >= 15 is 0 Å². The molecule has 3 heterocycles. The van der Waals surface area contributed by atoms with E-state index in [1.54, 1.807) is 12.1 Å². The Morgan fingerprint density at radius 3 is 2.29 bits per heavy atom. The lowest BCUT2D eigenvalue weighted by atomic mass is 10.1. The number of benzene rings is 1. The molecule has 11 heteroatoms. The quantitative estimate of drug-likeness (QED) is 0.450. The summed E-state index contributed by atoms with van der Waals surface area (Å²) in [5.41, 5.74) is -0.958. The average Bonchev–Trinajstić information content (AvgIpc) is 2.81. The molecule has 0 radical (unpaired) electrons. The van der Waals surface area contributed by atoms with E-state index in [1.807, 2.05) is 0 Å². The molecule has 4 rings (SSSR count). The number of amides is 1. The van der Waals surface area contributed by atoms with Crippen molar-refractivity contribution >= 4 is 11.6 Å². The molecular formula is C23H21F6N3O2. The number of pyridine rings is 2. The fraction of sp³-hybridized carbons (Fsp3) is 0.261. The molecule has 1 atom stereocenters. The van der Waals surface area contributed by atoms with Gasteiger partial charge < -0.3 is 10.1 Å². The van der Waals surface area contributed by atoms with Gasteiger partial charge in [-0.2, -0.15) is 13.2 Å². The minimum absolute atomic E-state index is 0. The molecule has 0 spiro atoms. The lowest BCUT2D eigenvalue weighted by Crippen LogP contribution is -2.34. The van der Waals surface area contributed by atoms with Crippen LogP contribution in [0.1, 0.15) is 31.2 Å². The van der Waals surface area contributed by atoms with Gasteiger partial charge in [-0.25, -0.2) is 18.2 Å². The van der Waals surface area contributed by atoms with E-state index in [4.69, 9.17) is 0 Å². The van der Waals surface area contributed by atoms with Crippen LogP contribution >= 0.6 is 0 Å². The van der Waals surface area contributed by atoms with Crippen LogP contribution in [0, 0.1) is 17.5 Å². The number of hydrogen-bond acceptors (Lipinski definition) is 4. The van der Waals surface area contributed by atoms with E-state index in [-0.39, 0.29) is 20.1 Å². The summed E-state index contributed by atoms with van der Waals surface area (Å²) in [5, 5.41) is 2.51. The van der Waals surface area contributed by atoms with Crippen molar-refractivity contribution in [2.24, 2.45) is 0 Å². The second kappa shape index (κ2) is 11.1. The van der Waals surface area contributed by atoms with Crippen molar-refractivity contribution in [2.45, 2.75) is 31.5 Å². The number of carbonyl (C=O) groups is 1. The number of alkyl halides is 3. The Morgan fingerprint density at radius 2 is 1.74 bits per heavy atom. The van der Waals surface area contributed by atoms with Gasteiger partial charge in [0.25, 0.3) is 5.91 Å². The molecule has 1 saturated heterocycles. The Balaban J connectivity index is 0.000000332. The highest BCUT2D eigenvalue weighted by Gasteiger charge is 2.41. The van der Waals surface area contributed by atoms with Crippen LogP contribution in [0.2, 0.25) is 0 Å². The van der Waals surface area contributed by atoms with Gasteiger partial charge in [0.05, 0.1) is 17.4 Å². The summed E-state index contributed by atoms with van der Waals surface area (Å²) in [4.78, 5) is 19.8. The maximum atomic E-state index is 14.0. The maximum absolute atomic E-state index is 14.0. The van der Waals surface area contributed by atoms with Crippen molar-refractivity contribution in [1.82, 2.24) is 9.97 Å². The summed E-state index contributed by atoms with van der Waals surface area (Å²) in [6, 6.07) is 8.42. The zero-order valence-corrected chi connectivity index (χ0v) is 17.6. The highest BCUT2D eigenvalue weighted by Crippen LogP contribution is 2.29. The van der Waals surface area contributed by atoms with Crippen molar-refractivity contribution < 1.29 is 37.3 Å². The Hall–Kier alpha value is -3.47. The van der Waals surface area contributed by atoms with Gasteiger partial charge in [-0.15, -0.1) is 0 Å². The van der Waals surface area contributed by atoms with E-state index in [0.29, 0.717) is 12.1 Å². The first-order chi connectivity index (χ1) is 16.2. The van der Waals surface area contributed by atoms with Crippen molar-refractivity contribution in [1.29, 1.82) is 0 Å². The Bertz CT molecular complexity index is 1110. The third-order valence-corrected chi connectivity index (χ3v) is 4.74. The van der Waals surface area contributed by atoms with Crippen LogP contribution in [-0.4, -0.2) is 34.8 Å². The van der Waals surface area contributed by atoms with Crippen LogP contribution in [0.5, 0.6) is 0 Å². The molecule has 1 aliphatic rings. The highest BCUT2D eigenvalue weighted by atomic mass is 19.4. The first-order valence-electron chi connectivity index (χ1n) is 10.2. The van der Waals surface area contributed by atoms with Crippen LogP contribution in [0.25, 0.3) is 11.3 Å². The lowest BCUT2D eigenvalue weighted by molar-refractivity contribution is -0.229. The van der Waals surface area contributed by atoms with Crippen LogP contribution in [0.15, 0.2) is 54.9 Å². The van der Waals surface area contributed by atoms with Gasteiger partial charge in [-0.1, -0.05) is 6.07 Å². The van der Waals surface area contributed by atoms with E-state index in [0.717, 1.165) is 36.8 Å². The number of rotatable bonds is 3. The minimum Gasteiger partial charge on any atom is -0.369 e. The fourth-order valence-corrected chi connectivity index (χ4v) is 3.10. The van der Waals surface area contributed by atoms with Gasteiger partial charge in [0.1, 0.15) is 28.8 Å². The smallest absolute Gasteiger partial charge is 0.369 e. The molecule has 2 aromatic heterocycles. The Morgan fingerprint density at radius 1 is 1.00 bits per heavy atom.